The molecule has 1 saturated heterocycles. The predicted molar refractivity (Wildman–Crippen MR) is 104 cm³/mol. The molecule has 0 radical (unpaired) electrons. The van der Waals surface area contributed by atoms with Crippen LogP contribution in [0.15, 0.2) is 59.6 Å². The van der Waals surface area contributed by atoms with Crippen LogP contribution >= 0.6 is 11.6 Å². The minimum absolute atomic E-state index is 0.0624. The summed E-state index contributed by atoms with van der Waals surface area (Å²) in [5.74, 6) is -0.0666. The summed E-state index contributed by atoms with van der Waals surface area (Å²) in [6, 6.07) is 11.3. The molecule has 0 N–H and O–H groups in total. The fraction of sp³-hybridized carbons (Fsp3) is 0.250. The number of pyridine rings is 1. The zero-order valence-electron chi connectivity index (χ0n) is 14.9. The molecule has 1 aliphatic heterocycles. The summed E-state index contributed by atoms with van der Waals surface area (Å²) >= 11 is 5.95. The van der Waals surface area contributed by atoms with Crippen LogP contribution in [0.4, 0.5) is 5.69 Å². The lowest BCUT2D eigenvalue weighted by atomic mass is 10.1. The van der Waals surface area contributed by atoms with E-state index in [1.807, 2.05) is 29.2 Å². The van der Waals surface area contributed by atoms with Crippen molar-refractivity contribution >= 4 is 23.2 Å². The standard InChI is InChI=1S/C20H19ClN4O2/c1-14-12-24(17-6-8-22-9-7-17)10-11-25(14)20(26)18-13-27-23-19(18)15-2-4-16(21)5-3-15/h2-9,13-14H,10-12H2,1H3. The maximum absolute atomic E-state index is 13.1. The molecule has 138 valence electrons. The highest BCUT2D eigenvalue weighted by Gasteiger charge is 2.31. The lowest BCUT2D eigenvalue weighted by molar-refractivity contribution is 0.0674. The minimum atomic E-state index is -0.0666. The summed E-state index contributed by atoms with van der Waals surface area (Å²) in [7, 11) is 0. The molecule has 27 heavy (non-hydrogen) atoms. The quantitative estimate of drug-likeness (QED) is 0.690. The van der Waals surface area contributed by atoms with Crippen molar-refractivity contribution in [3.05, 3.63) is 65.6 Å². The van der Waals surface area contributed by atoms with Crippen LogP contribution in [0.3, 0.4) is 0 Å². The highest BCUT2D eigenvalue weighted by molar-refractivity contribution is 6.30. The summed E-state index contributed by atoms with van der Waals surface area (Å²) < 4.78 is 5.12. The van der Waals surface area contributed by atoms with Crippen LogP contribution in [-0.4, -0.2) is 46.6 Å². The van der Waals surface area contributed by atoms with Gasteiger partial charge in [-0.2, -0.15) is 0 Å². The molecular formula is C20H19ClN4O2. The number of piperazine rings is 1. The Hall–Kier alpha value is -2.86. The molecule has 1 fully saturated rings. The number of carbonyl (C=O) groups is 1. The molecule has 0 bridgehead atoms. The number of hydrogen-bond donors (Lipinski definition) is 0. The Morgan fingerprint density at radius 2 is 1.89 bits per heavy atom. The largest absolute Gasteiger partial charge is 0.368 e. The minimum Gasteiger partial charge on any atom is -0.368 e. The van der Waals surface area contributed by atoms with Gasteiger partial charge in [0.15, 0.2) is 0 Å². The lowest BCUT2D eigenvalue weighted by Crippen LogP contribution is -2.54. The van der Waals surface area contributed by atoms with E-state index in [0.717, 1.165) is 24.3 Å². The van der Waals surface area contributed by atoms with E-state index in [1.165, 1.54) is 6.26 Å². The number of benzene rings is 1. The molecule has 0 aliphatic carbocycles. The van der Waals surface area contributed by atoms with E-state index in [0.29, 0.717) is 22.8 Å². The predicted octanol–water partition coefficient (Wildman–Crippen LogP) is 3.74. The molecule has 1 aromatic carbocycles. The van der Waals surface area contributed by atoms with Gasteiger partial charge in [-0.25, -0.2) is 0 Å². The maximum Gasteiger partial charge on any atom is 0.259 e. The summed E-state index contributed by atoms with van der Waals surface area (Å²) in [5, 5.41) is 4.67. The number of hydrogen-bond acceptors (Lipinski definition) is 5. The first-order chi connectivity index (χ1) is 13.1. The number of carbonyl (C=O) groups excluding carboxylic acids is 1. The topological polar surface area (TPSA) is 62.5 Å². The van der Waals surface area contributed by atoms with Crippen LogP contribution in [0.25, 0.3) is 11.3 Å². The Bertz CT molecular complexity index is 927. The van der Waals surface area contributed by atoms with Crippen molar-refractivity contribution in [2.45, 2.75) is 13.0 Å². The van der Waals surface area contributed by atoms with E-state index < -0.39 is 0 Å². The number of halogens is 1. The third-order valence-corrected chi connectivity index (χ3v) is 5.09. The number of aromatic nitrogens is 2. The molecule has 0 saturated carbocycles. The van der Waals surface area contributed by atoms with Crippen molar-refractivity contribution in [3.63, 3.8) is 0 Å². The van der Waals surface area contributed by atoms with Gasteiger partial charge in [0.2, 0.25) is 0 Å². The Kier molecular flexibility index (Phi) is 4.81. The zero-order chi connectivity index (χ0) is 18.8. The Balaban J connectivity index is 1.53. The Morgan fingerprint density at radius 1 is 1.15 bits per heavy atom. The van der Waals surface area contributed by atoms with Crippen molar-refractivity contribution in [3.8, 4) is 11.3 Å². The Morgan fingerprint density at radius 3 is 2.59 bits per heavy atom. The average molecular weight is 383 g/mol. The van der Waals surface area contributed by atoms with Crippen molar-refractivity contribution < 1.29 is 9.32 Å². The van der Waals surface area contributed by atoms with Crippen LogP contribution < -0.4 is 4.90 Å². The Labute approximate surface area is 162 Å². The van der Waals surface area contributed by atoms with Crippen molar-refractivity contribution in [2.75, 3.05) is 24.5 Å². The van der Waals surface area contributed by atoms with Crippen LogP contribution in [0.5, 0.6) is 0 Å². The fourth-order valence-electron chi connectivity index (χ4n) is 3.41. The highest BCUT2D eigenvalue weighted by Crippen LogP contribution is 2.27. The van der Waals surface area contributed by atoms with Gasteiger partial charge in [0.05, 0.1) is 0 Å². The normalized spacial score (nSPS) is 17.2. The van der Waals surface area contributed by atoms with Gasteiger partial charge in [0.1, 0.15) is 17.5 Å². The second-order valence-corrected chi connectivity index (χ2v) is 7.02. The monoisotopic (exact) mass is 382 g/mol. The summed E-state index contributed by atoms with van der Waals surface area (Å²) in [5.41, 5.74) is 2.94. The first-order valence-electron chi connectivity index (χ1n) is 8.80. The second kappa shape index (κ2) is 7.40. The van der Waals surface area contributed by atoms with Crippen LogP contribution in [0, 0.1) is 0 Å². The van der Waals surface area contributed by atoms with E-state index in [-0.39, 0.29) is 11.9 Å². The SMILES string of the molecule is CC1CN(c2ccncc2)CCN1C(=O)c1conc1-c1ccc(Cl)cc1. The molecule has 1 amide bonds. The first kappa shape index (κ1) is 17.5. The number of rotatable bonds is 3. The summed E-state index contributed by atoms with van der Waals surface area (Å²) in [4.78, 5) is 21.4. The molecule has 4 rings (SSSR count). The molecule has 2 aromatic heterocycles. The van der Waals surface area contributed by atoms with Crippen LogP contribution in [-0.2, 0) is 0 Å². The number of anilines is 1. The van der Waals surface area contributed by atoms with Gasteiger partial charge < -0.3 is 14.3 Å². The summed E-state index contributed by atoms with van der Waals surface area (Å²) in [6.45, 7) is 4.22. The van der Waals surface area contributed by atoms with Crippen LogP contribution in [0.2, 0.25) is 5.02 Å². The third-order valence-electron chi connectivity index (χ3n) is 4.83. The first-order valence-corrected chi connectivity index (χ1v) is 9.17. The van der Waals surface area contributed by atoms with Gasteiger partial charge in [0, 0.05) is 54.3 Å². The van der Waals surface area contributed by atoms with Crippen molar-refractivity contribution in [2.24, 2.45) is 0 Å². The van der Waals surface area contributed by atoms with Crippen LogP contribution in [0.1, 0.15) is 17.3 Å². The zero-order valence-corrected chi connectivity index (χ0v) is 15.6. The molecule has 0 spiro atoms. The fourth-order valence-corrected chi connectivity index (χ4v) is 3.53. The summed E-state index contributed by atoms with van der Waals surface area (Å²) in [6.07, 6.45) is 4.99. The van der Waals surface area contributed by atoms with Gasteiger partial charge in [-0.15, -0.1) is 0 Å². The molecular weight excluding hydrogens is 364 g/mol. The van der Waals surface area contributed by atoms with E-state index in [4.69, 9.17) is 16.1 Å². The molecule has 1 aliphatic rings. The smallest absolute Gasteiger partial charge is 0.259 e. The van der Waals surface area contributed by atoms with E-state index in [2.05, 4.69) is 22.0 Å². The second-order valence-electron chi connectivity index (χ2n) is 6.58. The van der Waals surface area contributed by atoms with Gasteiger partial charge in [-0.1, -0.05) is 28.9 Å². The highest BCUT2D eigenvalue weighted by atomic mass is 35.5. The third kappa shape index (κ3) is 3.53. The molecule has 1 unspecified atom stereocenters. The van der Waals surface area contributed by atoms with Crippen molar-refractivity contribution in [1.29, 1.82) is 0 Å². The number of nitrogens with zero attached hydrogens (tertiary/aromatic N) is 4. The molecule has 3 aromatic rings. The van der Waals surface area contributed by atoms with E-state index in [9.17, 15) is 4.79 Å². The number of amides is 1. The van der Waals surface area contributed by atoms with Gasteiger partial charge >= 0.3 is 0 Å². The van der Waals surface area contributed by atoms with Gasteiger partial charge in [-0.3, -0.25) is 9.78 Å². The van der Waals surface area contributed by atoms with E-state index in [1.54, 1.807) is 24.5 Å². The van der Waals surface area contributed by atoms with Crippen molar-refractivity contribution in [1.82, 2.24) is 15.0 Å². The molecule has 7 heteroatoms. The average Bonchev–Trinajstić information content (AvgIpc) is 3.18. The molecule has 6 nitrogen and oxygen atoms in total. The molecule has 1 atom stereocenters. The molecule has 3 heterocycles. The van der Waals surface area contributed by atoms with E-state index >= 15 is 0 Å². The van der Waals surface area contributed by atoms with Gasteiger partial charge in [-0.05, 0) is 31.2 Å². The lowest BCUT2D eigenvalue weighted by Gasteiger charge is -2.40. The van der Waals surface area contributed by atoms with Gasteiger partial charge in [0.25, 0.3) is 5.91 Å². The maximum atomic E-state index is 13.1.